The maximum Gasteiger partial charge on any atom is 0.225 e. The summed E-state index contributed by atoms with van der Waals surface area (Å²) in [6.45, 7) is 0. The van der Waals surface area contributed by atoms with Crippen molar-refractivity contribution < 1.29 is 4.79 Å². The van der Waals surface area contributed by atoms with Gasteiger partial charge in [0.2, 0.25) is 5.91 Å². The summed E-state index contributed by atoms with van der Waals surface area (Å²) in [6, 6.07) is 9.17. The summed E-state index contributed by atoms with van der Waals surface area (Å²) in [5.41, 5.74) is 1.61. The molecule has 0 aliphatic heterocycles. The molecular formula is C14H14N4O. The van der Waals surface area contributed by atoms with Crippen molar-refractivity contribution in [2.45, 2.75) is 19.3 Å². The van der Waals surface area contributed by atoms with Crippen molar-refractivity contribution in [2.75, 3.05) is 5.32 Å². The van der Waals surface area contributed by atoms with Gasteiger partial charge in [-0.15, -0.1) is 0 Å². The van der Waals surface area contributed by atoms with Crippen LogP contribution >= 0.6 is 0 Å². The molecule has 0 unspecified atom stereocenters. The third-order valence-electron chi connectivity index (χ3n) is 2.67. The first-order chi connectivity index (χ1) is 9.28. The summed E-state index contributed by atoms with van der Waals surface area (Å²) in [5.74, 6) is 0.410. The van der Waals surface area contributed by atoms with Gasteiger partial charge in [0, 0.05) is 24.5 Å². The summed E-state index contributed by atoms with van der Waals surface area (Å²) in [7, 11) is 0. The van der Waals surface area contributed by atoms with Crippen LogP contribution in [-0.2, 0) is 11.2 Å². The van der Waals surface area contributed by atoms with Crippen molar-refractivity contribution in [3.05, 3.63) is 47.9 Å². The fourth-order valence-electron chi connectivity index (χ4n) is 1.70. The number of nitrogens with zero attached hydrogens (tertiary/aromatic N) is 2. The Hall–Kier alpha value is -2.61. The fraction of sp³-hybridized carbons (Fsp3) is 0.214. The lowest BCUT2D eigenvalue weighted by Gasteiger charge is -2.03. The predicted molar refractivity (Wildman–Crippen MR) is 71.3 cm³/mol. The number of aryl methyl sites for hydroxylation is 1. The molecule has 2 heterocycles. The minimum absolute atomic E-state index is 0.0660. The molecule has 0 bridgehead atoms. The van der Waals surface area contributed by atoms with Gasteiger partial charge in [0.1, 0.15) is 11.9 Å². The number of hydrogen-bond acceptors (Lipinski definition) is 3. The Morgan fingerprint density at radius 1 is 1.42 bits per heavy atom. The number of anilines is 1. The van der Waals surface area contributed by atoms with Crippen LogP contribution in [0.4, 0.5) is 5.82 Å². The Bertz CT molecular complexity index is 566. The molecule has 0 aromatic carbocycles. The maximum absolute atomic E-state index is 11.7. The number of nitriles is 1. The van der Waals surface area contributed by atoms with Crippen molar-refractivity contribution in [1.29, 1.82) is 5.26 Å². The van der Waals surface area contributed by atoms with E-state index in [9.17, 15) is 4.79 Å². The highest BCUT2D eigenvalue weighted by Gasteiger charge is 2.04. The van der Waals surface area contributed by atoms with Crippen LogP contribution in [0.5, 0.6) is 0 Å². The summed E-state index contributed by atoms with van der Waals surface area (Å²) in [4.78, 5) is 18.8. The van der Waals surface area contributed by atoms with Gasteiger partial charge in [-0.3, -0.25) is 4.79 Å². The van der Waals surface area contributed by atoms with Crippen molar-refractivity contribution in [3.63, 3.8) is 0 Å². The molecular weight excluding hydrogens is 240 g/mol. The van der Waals surface area contributed by atoms with Crippen LogP contribution in [0.2, 0.25) is 0 Å². The van der Waals surface area contributed by atoms with Gasteiger partial charge in [-0.1, -0.05) is 0 Å². The van der Waals surface area contributed by atoms with Crippen molar-refractivity contribution >= 4 is 11.7 Å². The zero-order valence-electron chi connectivity index (χ0n) is 10.4. The number of hydrogen-bond donors (Lipinski definition) is 2. The number of carbonyl (C=O) groups is 1. The highest BCUT2D eigenvalue weighted by Crippen LogP contribution is 2.06. The van der Waals surface area contributed by atoms with Gasteiger partial charge in [0.05, 0.1) is 5.56 Å². The van der Waals surface area contributed by atoms with E-state index in [0.29, 0.717) is 17.8 Å². The summed E-state index contributed by atoms with van der Waals surface area (Å²) < 4.78 is 0. The first-order valence-electron chi connectivity index (χ1n) is 6.06. The maximum atomic E-state index is 11.7. The molecule has 2 rings (SSSR count). The Kier molecular flexibility index (Phi) is 4.29. The largest absolute Gasteiger partial charge is 0.365 e. The Balaban J connectivity index is 1.76. The molecule has 0 atom stereocenters. The quantitative estimate of drug-likeness (QED) is 0.858. The van der Waals surface area contributed by atoms with Gasteiger partial charge in [-0.2, -0.15) is 5.26 Å². The number of aromatic amines is 1. The van der Waals surface area contributed by atoms with Crippen LogP contribution in [0.1, 0.15) is 24.1 Å². The topological polar surface area (TPSA) is 81.6 Å². The van der Waals surface area contributed by atoms with Crippen LogP contribution in [0.25, 0.3) is 0 Å². The average Bonchev–Trinajstić information content (AvgIpc) is 2.93. The highest BCUT2D eigenvalue weighted by molar-refractivity contribution is 5.89. The Morgan fingerprint density at radius 2 is 2.32 bits per heavy atom. The van der Waals surface area contributed by atoms with Crippen molar-refractivity contribution in [2.24, 2.45) is 0 Å². The molecule has 0 aliphatic carbocycles. The molecule has 0 saturated carbocycles. The van der Waals surface area contributed by atoms with Gasteiger partial charge in [-0.05, 0) is 37.1 Å². The summed E-state index contributed by atoms with van der Waals surface area (Å²) in [5, 5.41) is 11.3. The molecule has 1 amide bonds. The number of aromatic nitrogens is 2. The molecule has 0 saturated heterocycles. The molecule has 0 fully saturated rings. The fourth-order valence-corrected chi connectivity index (χ4v) is 1.70. The van der Waals surface area contributed by atoms with E-state index in [0.717, 1.165) is 18.5 Å². The SMILES string of the molecule is N#Cc1ccc(NC(=O)CCCc2ccc[nH]2)nc1. The highest BCUT2D eigenvalue weighted by atomic mass is 16.1. The number of pyridine rings is 1. The molecule has 5 nitrogen and oxygen atoms in total. The van der Waals surface area contributed by atoms with E-state index in [1.54, 1.807) is 12.1 Å². The third-order valence-corrected chi connectivity index (χ3v) is 2.67. The monoisotopic (exact) mass is 254 g/mol. The van der Waals surface area contributed by atoms with E-state index in [2.05, 4.69) is 15.3 Å². The molecule has 5 heteroatoms. The second kappa shape index (κ2) is 6.36. The van der Waals surface area contributed by atoms with Crippen molar-refractivity contribution in [1.82, 2.24) is 9.97 Å². The first-order valence-corrected chi connectivity index (χ1v) is 6.06. The first kappa shape index (κ1) is 12.8. The molecule has 2 aromatic heterocycles. The minimum Gasteiger partial charge on any atom is -0.365 e. The van der Waals surface area contributed by atoms with E-state index in [1.807, 2.05) is 24.4 Å². The second-order valence-corrected chi connectivity index (χ2v) is 4.14. The Labute approximate surface area is 111 Å². The average molecular weight is 254 g/mol. The number of rotatable bonds is 5. The van der Waals surface area contributed by atoms with E-state index >= 15 is 0 Å². The van der Waals surface area contributed by atoms with Crippen LogP contribution < -0.4 is 5.32 Å². The van der Waals surface area contributed by atoms with E-state index in [-0.39, 0.29) is 5.91 Å². The molecule has 0 spiro atoms. The molecule has 2 N–H and O–H groups in total. The second-order valence-electron chi connectivity index (χ2n) is 4.14. The molecule has 0 aliphatic rings. The lowest BCUT2D eigenvalue weighted by atomic mass is 10.2. The van der Waals surface area contributed by atoms with Gasteiger partial charge in [0.15, 0.2) is 0 Å². The molecule has 2 aromatic rings. The van der Waals surface area contributed by atoms with E-state index in [4.69, 9.17) is 5.26 Å². The van der Waals surface area contributed by atoms with Crippen molar-refractivity contribution in [3.8, 4) is 6.07 Å². The number of amides is 1. The van der Waals surface area contributed by atoms with Crippen LogP contribution in [0.15, 0.2) is 36.7 Å². The summed E-state index contributed by atoms with van der Waals surface area (Å²) in [6.07, 6.45) is 5.38. The van der Waals surface area contributed by atoms with Gasteiger partial charge in [-0.25, -0.2) is 4.98 Å². The third kappa shape index (κ3) is 3.96. The minimum atomic E-state index is -0.0660. The normalized spacial score (nSPS) is 9.84. The van der Waals surface area contributed by atoms with Crippen LogP contribution in [0, 0.1) is 11.3 Å². The lowest BCUT2D eigenvalue weighted by Crippen LogP contribution is -2.12. The van der Waals surface area contributed by atoms with Gasteiger partial charge >= 0.3 is 0 Å². The van der Waals surface area contributed by atoms with Crippen LogP contribution in [-0.4, -0.2) is 15.9 Å². The molecule has 19 heavy (non-hydrogen) atoms. The zero-order valence-corrected chi connectivity index (χ0v) is 10.4. The van der Waals surface area contributed by atoms with E-state index in [1.165, 1.54) is 6.20 Å². The number of H-pyrrole nitrogens is 1. The van der Waals surface area contributed by atoms with Crippen LogP contribution in [0.3, 0.4) is 0 Å². The number of nitrogens with one attached hydrogen (secondary N) is 2. The molecule has 0 radical (unpaired) electrons. The number of carbonyl (C=O) groups excluding carboxylic acids is 1. The lowest BCUT2D eigenvalue weighted by molar-refractivity contribution is -0.116. The van der Waals surface area contributed by atoms with Gasteiger partial charge in [0.25, 0.3) is 0 Å². The summed E-state index contributed by atoms with van der Waals surface area (Å²) >= 11 is 0. The standard InChI is InChI=1S/C14H14N4O/c15-9-11-6-7-13(17-10-11)18-14(19)5-1-3-12-4-2-8-16-12/h2,4,6-8,10,16H,1,3,5H2,(H,17,18,19). The van der Waals surface area contributed by atoms with Gasteiger partial charge < -0.3 is 10.3 Å². The smallest absolute Gasteiger partial charge is 0.225 e. The van der Waals surface area contributed by atoms with E-state index < -0.39 is 0 Å². The molecule has 96 valence electrons. The Morgan fingerprint density at radius 3 is 2.95 bits per heavy atom. The predicted octanol–water partition coefficient (Wildman–Crippen LogP) is 2.24. The zero-order chi connectivity index (χ0) is 13.5.